The van der Waals surface area contributed by atoms with Crippen molar-refractivity contribution in [2.45, 2.75) is 6.92 Å². The summed E-state index contributed by atoms with van der Waals surface area (Å²) in [6.45, 7) is 2.02. The van der Waals surface area contributed by atoms with E-state index in [0.29, 0.717) is 5.69 Å². The van der Waals surface area contributed by atoms with E-state index in [1.807, 2.05) is 31.2 Å². The Hall–Kier alpha value is -2.42. The number of anilines is 2. The topological polar surface area (TPSA) is 24.9 Å². The standard InChI is InChI=1S/C16H13FN2/c1-11-5-4-6-12-14(9-10-18-16(11)12)19-15-8-3-2-7-13(15)17/h2-10H,1H3,(H,18,19). The predicted molar refractivity (Wildman–Crippen MR) is 76.2 cm³/mol. The Morgan fingerprint density at radius 2 is 1.79 bits per heavy atom. The third-order valence-electron chi connectivity index (χ3n) is 3.12. The van der Waals surface area contributed by atoms with E-state index in [2.05, 4.69) is 10.3 Å². The van der Waals surface area contributed by atoms with Gasteiger partial charge < -0.3 is 5.32 Å². The SMILES string of the molecule is Cc1cccc2c(Nc3ccccc3F)ccnc12. The molecule has 2 nitrogen and oxygen atoms in total. The van der Waals surface area contributed by atoms with Crippen LogP contribution in [0, 0.1) is 12.7 Å². The Morgan fingerprint density at radius 1 is 0.947 bits per heavy atom. The molecular weight excluding hydrogens is 239 g/mol. The van der Waals surface area contributed by atoms with Gasteiger partial charge in [0.15, 0.2) is 0 Å². The number of aromatic nitrogens is 1. The zero-order valence-electron chi connectivity index (χ0n) is 10.5. The van der Waals surface area contributed by atoms with Crippen molar-refractivity contribution >= 4 is 22.3 Å². The van der Waals surface area contributed by atoms with Crippen LogP contribution in [0.15, 0.2) is 54.7 Å². The third-order valence-corrected chi connectivity index (χ3v) is 3.12. The molecule has 3 aromatic rings. The smallest absolute Gasteiger partial charge is 0.146 e. The molecule has 1 aromatic heterocycles. The Bertz CT molecular complexity index is 738. The van der Waals surface area contributed by atoms with E-state index in [-0.39, 0.29) is 5.82 Å². The largest absolute Gasteiger partial charge is 0.353 e. The normalized spacial score (nSPS) is 10.6. The van der Waals surface area contributed by atoms with Gasteiger partial charge in [0, 0.05) is 17.3 Å². The van der Waals surface area contributed by atoms with Gasteiger partial charge in [0.2, 0.25) is 0 Å². The quantitative estimate of drug-likeness (QED) is 0.730. The second-order valence-corrected chi connectivity index (χ2v) is 4.43. The van der Waals surface area contributed by atoms with Crippen molar-refractivity contribution in [1.29, 1.82) is 0 Å². The molecule has 0 unspecified atom stereocenters. The lowest BCUT2D eigenvalue weighted by atomic mass is 10.1. The predicted octanol–water partition coefficient (Wildman–Crippen LogP) is 4.43. The van der Waals surface area contributed by atoms with Gasteiger partial charge >= 0.3 is 0 Å². The van der Waals surface area contributed by atoms with E-state index in [4.69, 9.17) is 0 Å². The molecule has 0 radical (unpaired) electrons. The number of nitrogens with zero attached hydrogens (tertiary/aromatic N) is 1. The van der Waals surface area contributed by atoms with Crippen LogP contribution in [0.3, 0.4) is 0 Å². The van der Waals surface area contributed by atoms with Gasteiger partial charge in [0.1, 0.15) is 5.82 Å². The second kappa shape index (κ2) is 4.69. The Labute approximate surface area is 110 Å². The molecule has 0 fully saturated rings. The number of halogens is 1. The molecule has 0 spiro atoms. The molecule has 3 heteroatoms. The van der Waals surface area contributed by atoms with Crippen LogP contribution in [-0.4, -0.2) is 4.98 Å². The highest BCUT2D eigenvalue weighted by Gasteiger charge is 2.06. The van der Waals surface area contributed by atoms with Gasteiger partial charge in [0.05, 0.1) is 11.2 Å². The molecule has 1 heterocycles. The average molecular weight is 252 g/mol. The number of aryl methyl sites for hydroxylation is 1. The fraction of sp³-hybridized carbons (Fsp3) is 0.0625. The lowest BCUT2D eigenvalue weighted by Crippen LogP contribution is -1.95. The summed E-state index contributed by atoms with van der Waals surface area (Å²) in [6, 6.07) is 14.5. The number of rotatable bonds is 2. The van der Waals surface area contributed by atoms with Gasteiger partial charge in [0.25, 0.3) is 0 Å². The van der Waals surface area contributed by atoms with Crippen molar-refractivity contribution in [3.05, 3.63) is 66.1 Å². The summed E-state index contributed by atoms with van der Waals surface area (Å²) in [5.41, 5.74) is 3.37. The number of fused-ring (bicyclic) bond motifs is 1. The first-order valence-electron chi connectivity index (χ1n) is 6.11. The van der Waals surface area contributed by atoms with Crippen molar-refractivity contribution in [2.75, 3.05) is 5.32 Å². The Morgan fingerprint density at radius 3 is 2.63 bits per heavy atom. The van der Waals surface area contributed by atoms with E-state index in [1.165, 1.54) is 6.07 Å². The number of benzene rings is 2. The summed E-state index contributed by atoms with van der Waals surface area (Å²) in [7, 11) is 0. The van der Waals surface area contributed by atoms with Crippen LogP contribution in [0.25, 0.3) is 10.9 Å². The summed E-state index contributed by atoms with van der Waals surface area (Å²) >= 11 is 0. The van der Waals surface area contributed by atoms with E-state index in [9.17, 15) is 4.39 Å². The maximum atomic E-state index is 13.7. The second-order valence-electron chi connectivity index (χ2n) is 4.43. The Balaban J connectivity index is 2.12. The molecular formula is C16H13FN2. The molecule has 0 saturated heterocycles. The highest BCUT2D eigenvalue weighted by molar-refractivity contribution is 5.94. The summed E-state index contributed by atoms with van der Waals surface area (Å²) in [5.74, 6) is -0.264. The fourth-order valence-electron chi connectivity index (χ4n) is 2.14. The summed E-state index contributed by atoms with van der Waals surface area (Å²) in [5, 5.41) is 4.12. The number of hydrogen-bond acceptors (Lipinski definition) is 2. The maximum Gasteiger partial charge on any atom is 0.146 e. The van der Waals surface area contributed by atoms with Gasteiger partial charge in [-0.1, -0.05) is 30.3 Å². The zero-order valence-corrected chi connectivity index (χ0v) is 10.5. The van der Waals surface area contributed by atoms with Crippen molar-refractivity contribution in [3.63, 3.8) is 0 Å². The number of hydrogen-bond donors (Lipinski definition) is 1. The highest BCUT2D eigenvalue weighted by atomic mass is 19.1. The minimum atomic E-state index is -0.264. The molecule has 94 valence electrons. The lowest BCUT2D eigenvalue weighted by Gasteiger charge is -2.11. The molecule has 0 atom stereocenters. The van der Waals surface area contributed by atoms with Gasteiger partial charge in [-0.05, 0) is 30.7 Å². The summed E-state index contributed by atoms with van der Waals surface area (Å²) in [4.78, 5) is 4.37. The first-order chi connectivity index (χ1) is 9.25. The highest BCUT2D eigenvalue weighted by Crippen LogP contribution is 2.27. The molecule has 0 bridgehead atoms. The minimum Gasteiger partial charge on any atom is -0.353 e. The minimum absolute atomic E-state index is 0.264. The fourth-order valence-corrected chi connectivity index (χ4v) is 2.14. The molecule has 3 rings (SSSR count). The molecule has 0 aliphatic carbocycles. The van der Waals surface area contributed by atoms with Crippen LogP contribution in [-0.2, 0) is 0 Å². The van der Waals surface area contributed by atoms with Crippen LogP contribution < -0.4 is 5.32 Å². The van der Waals surface area contributed by atoms with Crippen LogP contribution in [0.1, 0.15) is 5.56 Å². The summed E-state index contributed by atoms with van der Waals surface area (Å²) in [6.07, 6.45) is 1.73. The van der Waals surface area contributed by atoms with Gasteiger partial charge in [-0.15, -0.1) is 0 Å². The van der Waals surface area contributed by atoms with Crippen LogP contribution in [0.2, 0.25) is 0 Å². The number of pyridine rings is 1. The molecule has 2 aromatic carbocycles. The van der Waals surface area contributed by atoms with Crippen LogP contribution in [0.5, 0.6) is 0 Å². The molecule has 1 N–H and O–H groups in total. The first-order valence-corrected chi connectivity index (χ1v) is 6.11. The number of nitrogens with one attached hydrogen (secondary N) is 1. The van der Waals surface area contributed by atoms with E-state index < -0.39 is 0 Å². The van der Waals surface area contributed by atoms with Crippen molar-refractivity contribution in [2.24, 2.45) is 0 Å². The monoisotopic (exact) mass is 252 g/mol. The molecule has 0 aliphatic rings. The average Bonchev–Trinajstić information content (AvgIpc) is 2.42. The summed E-state index contributed by atoms with van der Waals surface area (Å²) < 4.78 is 13.7. The van der Waals surface area contributed by atoms with E-state index in [1.54, 1.807) is 24.4 Å². The van der Waals surface area contributed by atoms with Crippen molar-refractivity contribution in [1.82, 2.24) is 4.98 Å². The third kappa shape index (κ3) is 2.15. The van der Waals surface area contributed by atoms with E-state index in [0.717, 1.165) is 22.2 Å². The van der Waals surface area contributed by atoms with Crippen molar-refractivity contribution < 1.29 is 4.39 Å². The van der Waals surface area contributed by atoms with Crippen LogP contribution in [0.4, 0.5) is 15.8 Å². The zero-order chi connectivity index (χ0) is 13.2. The maximum absolute atomic E-state index is 13.7. The number of para-hydroxylation sites is 2. The van der Waals surface area contributed by atoms with E-state index >= 15 is 0 Å². The van der Waals surface area contributed by atoms with Gasteiger partial charge in [-0.2, -0.15) is 0 Å². The molecule has 19 heavy (non-hydrogen) atoms. The van der Waals surface area contributed by atoms with Crippen molar-refractivity contribution in [3.8, 4) is 0 Å². The van der Waals surface area contributed by atoms with Gasteiger partial charge in [-0.25, -0.2) is 4.39 Å². The molecule has 0 amide bonds. The molecule has 0 saturated carbocycles. The van der Waals surface area contributed by atoms with Gasteiger partial charge in [-0.3, -0.25) is 4.98 Å². The Kier molecular flexibility index (Phi) is 2.88. The first kappa shape index (κ1) is 11.7. The molecule has 0 aliphatic heterocycles. The van der Waals surface area contributed by atoms with Crippen LogP contribution >= 0.6 is 0 Å². The lowest BCUT2D eigenvalue weighted by molar-refractivity contribution is 0.632.